The first-order valence-electron chi connectivity index (χ1n) is 10.0. The molecule has 8 nitrogen and oxygen atoms in total. The van der Waals surface area contributed by atoms with Gasteiger partial charge in [-0.2, -0.15) is 0 Å². The molecule has 1 aliphatic heterocycles. The number of hydrogen-bond acceptors (Lipinski definition) is 7. The first-order chi connectivity index (χ1) is 15.6. The highest BCUT2D eigenvalue weighted by molar-refractivity contribution is 5.85. The zero-order valence-corrected chi connectivity index (χ0v) is 16.9. The molecule has 0 saturated carbocycles. The average molecular weight is 433 g/mol. The van der Waals surface area contributed by atoms with Crippen LogP contribution in [0.2, 0.25) is 0 Å². The molecular formula is C24H19NO7. The third-order valence-corrected chi connectivity index (χ3v) is 5.40. The fraction of sp³-hybridized carbons (Fsp3) is 0.167. The van der Waals surface area contributed by atoms with Gasteiger partial charge in [0.05, 0.1) is 23.8 Å². The summed E-state index contributed by atoms with van der Waals surface area (Å²) in [6, 6.07) is 15.3. The Morgan fingerprint density at radius 1 is 1.06 bits per heavy atom. The van der Waals surface area contributed by atoms with E-state index >= 15 is 0 Å². The standard InChI is InChI=1S/C24H19NO7/c26-21(25-12-15-4-3-9-29-15)11-17(14-7-8-19-20(10-14)31-13-30-19)22-23(27)16-5-1-2-6-18(16)32-24(22)28/h1-10,17,27H,11-13H2,(H,25,26)/t17-/m0/s1. The number of carbonyl (C=O) groups excluding carboxylic acids is 1. The van der Waals surface area contributed by atoms with E-state index in [1.165, 1.54) is 6.26 Å². The molecule has 1 amide bonds. The predicted molar refractivity (Wildman–Crippen MR) is 114 cm³/mol. The summed E-state index contributed by atoms with van der Waals surface area (Å²) in [6.07, 6.45) is 1.42. The third-order valence-electron chi connectivity index (χ3n) is 5.40. The molecule has 0 spiro atoms. The fourth-order valence-electron chi connectivity index (χ4n) is 3.83. The highest BCUT2D eigenvalue weighted by Crippen LogP contribution is 2.40. The Morgan fingerprint density at radius 2 is 1.91 bits per heavy atom. The Morgan fingerprint density at radius 3 is 2.75 bits per heavy atom. The molecule has 32 heavy (non-hydrogen) atoms. The van der Waals surface area contributed by atoms with Gasteiger partial charge in [0, 0.05) is 12.3 Å². The van der Waals surface area contributed by atoms with Crippen LogP contribution in [0.4, 0.5) is 0 Å². The maximum Gasteiger partial charge on any atom is 0.343 e. The van der Waals surface area contributed by atoms with Crippen LogP contribution in [0.1, 0.15) is 29.2 Å². The number of furan rings is 1. The maximum atomic E-state index is 12.9. The van der Waals surface area contributed by atoms with E-state index in [9.17, 15) is 14.7 Å². The van der Waals surface area contributed by atoms with Gasteiger partial charge in [-0.1, -0.05) is 18.2 Å². The molecule has 2 aromatic carbocycles. The molecule has 3 heterocycles. The maximum absolute atomic E-state index is 12.9. The molecule has 162 valence electrons. The van der Waals surface area contributed by atoms with E-state index in [1.807, 2.05) is 0 Å². The quantitative estimate of drug-likeness (QED) is 0.447. The number of fused-ring (bicyclic) bond motifs is 2. The van der Waals surface area contributed by atoms with Crippen LogP contribution in [0.3, 0.4) is 0 Å². The van der Waals surface area contributed by atoms with Crippen molar-refractivity contribution in [1.82, 2.24) is 5.32 Å². The molecule has 2 aromatic heterocycles. The largest absolute Gasteiger partial charge is 0.507 e. The van der Waals surface area contributed by atoms with Crippen molar-refractivity contribution in [2.24, 2.45) is 0 Å². The first-order valence-corrected chi connectivity index (χ1v) is 10.0. The Labute approximate surface area is 182 Å². The van der Waals surface area contributed by atoms with Crippen LogP contribution in [-0.4, -0.2) is 17.8 Å². The van der Waals surface area contributed by atoms with E-state index < -0.39 is 11.5 Å². The number of amides is 1. The third kappa shape index (κ3) is 3.66. The van der Waals surface area contributed by atoms with Gasteiger partial charge >= 0.3 is 5.63 Å². The molecule has 5 rings (SSSR count). The number of carbonyl (C=O) groups is 1. The molecule has 0 aliphatic carbocycles. The molecular weight excluding hydrogens is 414 g/mol. The Balaban J connectivity index is 1.55. The number of ether oxygens (including phenoxy) is 2. The normalized spacial score (nSPS) is 13.2. The van der Waals surface area contributed by atoms with E-state index in [-0.39, 0.29) is 42.6 Å². The van der Waals surface area contributed by atoms with Crippen LogP contribution in [0.25, 0.3) is 11.0 Å². The van der Waals surface area contributed by atoms with Gasteiger partial charge in [0.2, 0.25) is 12.7 Å². The Kier molecular flexibility index (Phi) is 5.03. The number of para-hydroxylation sites is 1. The fourth-order valence-corrected chi connectivity index (χ4v) is 3.83. The van der Waals surface area contributed by atoms with Crippen molar-refractivity contribution in [2.45, 2.75) is 18.9 Å². The molecule has 0 radical (unpaired) electrons. The summed E-state index contributed by atoms with van der Waals surface area (Å²) >= 11 is 0. The number of aromatic hydroxyl groups is 1. The molecule has 2 N–H and O–H groups in total. The lowest BCUT2D eigenvalue weighted by Gasteiger charge is -2.19. The first kappa shape index (κ1) is 19.7. The van der Waals surface area contributed by atoms with Crippen molar-refractivity contribution in [1.29, 1.82) is 0 Å². The van der Waals surface area contributed by atoms with Crippen LogP contribution >= 0.6 is 0 Å². The van der Waals surface area contributed by atoms with Gasteiger partial charge in [-0.3, -0.25) is 4.79 Å². The number of rotatable bonds is 6. The lowest BCUT2D eigenvalue weighted by atomic mass is 9.87. The van der Waals surface area contributed by atoms with Crippen molar-refractivity contribution < 1.29 is 28.2 Å². The highest BCUT2D eigenvalue weighted by atomic mass is 16.7. The van der Waals surface area contributed by atoms with Gasteiger partial charge in [-0.05, 0) is 42.0 Å². The molecule has 1 aliphatic rings. The summed E-state index contributed by atoms with van der Waals surface area (Å²) in [5.74, 6) is 0.375. The monoisotopic (exact) mass is 433 g/mol. The minimum absolute atomic E-state index is 0.00992. The smallest absolute Gasteiger partial charge is 0.343 e. The molecule has 0 fully saturated rings. The van der Waals surface area contributed by atoms with Crippen molar-refractivity contribution >= 4 is 16.9 Å². The van der Waals surface area contributed by atoms with Gasteiger partial charge in [-0.25, -0.2) is 4.79 Å². The molecule has 8 heteroatoms. The highest BCUT2D eigenvalue weighted by Gasteiger charge is 2.28. The minimum atomic E-state index is -0.776. The lowest BCUT2D eigenvalue weighted by Crippen LogP contribution is -2.26. The zero-order valence-electron chi connectivity index (χ0n) is 16.9. The molecule has 0 bridgehead atoms. The van der Waals surface area contributed by atoms with Crippen molar-refractivity contribution in [3.8, 4) is 17.2 Å². The topological polar surface area (TPSA) is 111 Å². The molecule has 1 atom stereocenters. The van der Waals surface area contributed by atoms with Crippen LogP contribution < -0.4 is 20.4 Å². The number of benzene rings is 2. The van der Waals surface area contributed by atoms with Gasteiger partial charge in [0.1, 0.15) is 17.1 Å². The summed E-state index contributed by atoms with van der Waals surface area (Å²) in [6.45, 7) is 0.300. The summed E-state index contributed by atoms with van der Waals surface area (Å²) < 4.78 is 21.5. The zero-order chi connectivity index (χ0) is 22.1. The molecule has 4 aromatic rings. The molecule has 0 unspecified atom stereocenters. The van der Waals surface area contributed by atoms with E-state index in [4.69, 9.17) is 18.3 Å². The number of nitrogens with one attached hydrogen (secondary N) is 1. The Hall–Kier alpha value is -4.20. The second-order valence-electron chi connectivity index (χ2n) is 7.37. The summed E-state index contributed by atoms with van der Waals surface area (Å²) in [7, 11) is 0. The second kappa shape index (κ2) is 8.14. The minimum Gasteiger partial charge on any atom is -0.507 e. The van der Waals surface area contributed by atoms with E-state index in [0.29, 0.717) is 28.2 Å². The van der Waals surface area contributed by atoms with Crippen molar-refractivity contribution in [3.63, 3.8) is 0 Å². The summed E-state index contributed by atoms with van der Waals surface area (Å²) in [5.41, 5.74) is 0.184. The van der Waals surface area contributed by atoms with Gasteiger partial charge in [-0.15, -0.1) is 0 Å². The average Bonchev–Trinajstić information content (AvgIpc) is 3.48. The summed E-state index contributed by atoms with van der Waals surface area (Å²) in [4.78, 5) is 25.7. The van der Waals surface area contributed by atoms with Gasteiger partial charge in [0.15, 0.2) is 11.5 Å². The molecule has 0 saturated heterocycles. The van der Waals surface area contributed by atoms with Crippen molar-refractivity contribution in [3.05, 3.63) is 88.2 Å². The van der Waals surface area contributed by atoms with E-state index in [0.717, 1.165) is 0 Å². The van der Waals surface area contributed by atoms with Gasteiger partial charge in [0.25, 0.3) is 0 Å². The predicted octanol–water partition coefficient (Wildman–Crippen LogP) is 3.66. The lowest BCUT2D eigenvalue weighted by molar-refractivity contribution is -0.121. The van der Waals surface area contributed by atoms with Crippen LogP contribution in [-0.2, 0) is 11.3 Å². The second-order valence-corrected chi connectivity index (χ2v) is 7.37. The van der Waals surface area contributed by atoms with Crippen LogP contribution in [0.15, 0.2) is 74.5 Å². The van der Waals surface area contributed by atoms with Crippen LogP contribution in [0, 0.1) is 0 Å². The van der Waals surface area contributed by atoms with Gasteiger partial charge < -0.3 is 28.7 Å². The number of hydrogen-bond donors (Lipinski definition) is 2. The SMILES string of the molecule is O=C(C[C@@H](c1ccc2c(c1)OCO2)c1c(O)c2ccccc2oc1=O)NCc1ccco1. The van der Waals surface area contributed by atoms with Crippen molar-refractivity contribution in [2.75, 3.05) is 6.79 Å². The van der Waals surface area contributed by atoms with E-state index in [2.05, 4.69) is 5.32 Å². The van der Waals surface area contributed by atoms with E-state index in [1.54, 1.807) is 54.6 Å². The summed E-state index contributed by atoms with van der Waals surface area (Å²) in [5, 5.41) is 14.2. The van der Waals surface area contributed by atoms with Crippen LogP contribution in [0.5, 0.6) is 17.2 Å². The Bertz CT molecular complexity index is 1340.